The molecule has 0 saturated carbocycles. The lowest BCUT2D eigenvalue weighted by atomic mass is 10.4. The topological polar surface area (TPSA) is 37.0 Å². The van der Waals surface area contributed by atoms with Crippen LogP contribution in [0.1, 0.15) is 0 Å². The minimum absolute atomic E-state index is 0.396. The number of halogens is 2. The normalized spacial score (nSPS) is 9.46. The fourth-order valence-electron chi connectivity index (χ4n) is 0.677. The van der Waals surface area contributed by atoms with Crippen molar-refractivity contribution in [2.75, 3.05) is 12.4 Å². The average molecular weight is 264 g/mol. The molecule has 0 fully saturated rings. The molecule has 0 aliphatic carbocycles. The number of hydrogen-bond acceptors (Lipinski definition) is 2. The molecule has 0 unspecified atom stereocenters. The van der Waals surface area contributed by atoms with Crippen LogP contribution in [0.2, 0.25) is 0 Å². The Labute approximate surface area is 88.9 Å². The van der Waals surface area contributed by atoms with E-state index in [0.29, 0.717) is 15.4 Å². The average Bonchev–Trinajstić information content (AvgIpc) is 2.09. The first-order chi connectivity index (χ1) is 6.13. The van der Waals surface area contributed by atoms with Gasteiger partial charge in [0, 0.05) is 7.05 Å². The summed E-state index contributed by atoms with van der Waals surface area (Å²) >= 11 is 8.01. The van der Waals surface area contributed by atoms with Gasteiger partial charge in [0.15, 0.2) is 5.11 Å². The van der Waals surface area contributed by atoms with Crippen molar-refractivity contribution in [1.82, 2.24) is 10.3 Å². The molecule has 0 radical (unpaired) electrons. The fourth-order valence-corrected chi connectivity index (χ4v) is 1.19. The fraction of sp³-hybridized carbons (Fsp3) is 0.143. The smallest absolute Gasteiger partial charge is 0.171 e. The van der Waals surface area contributed by atoms with Crippen molar-refractivity contribution in [3.8, 4) is 0 Å². The molecule has 70 valence electrons. The molecule has 0 saturated heterocycles. The molecular formula is C7H7BrFN3S. The number of nitrogens with zero attached hydrogens (tertiary/aromatic N) is 1. The van der Waals surface area contributed by atoms with Crippen LogP contribution in [0, 0.1) is 5.82 Å². The quantitative estimate of drug-likeness (QED) is 0.760. The van der Waals surface area contributed by atoms with Gasteiger partial charge in [-0.15, -0.1) is 0 Å². The van der Waals surface area contributed by atoms with E-state index in [1.165, 1.54) is 6.07 Å². The number of nitrogens with one attached hydrogen (secondary N) is 2. The highest BCUT2D eigenvalue weighted by molar-refractivity contribution is 9.10. The minimum Gasteiger partial charge on any atom is -0.365 e. The van der Waals surface area contributed by atoms with E-state index >= 15 is 0 Å². The second kappa shape index (κ2) is 4.48. The van der Waals surface area contributed by atoms with E-state index < -0.39 is 5.82 Å². The van der Waals surface area contributed by atoms with Crippen LogP contribution in [0.3, 0.4) is 0 Å². The first-order valence-electron chi connectivity index (χ1n) is 3.43. The van der Waals surface area contributed by atoms with E-state index in [1.54, 1.807) is 7.05 Å². The van der Waals surface area contributed by atoms with Crippen molar-refractivity contribution in [1.29, 1.82) is 0 Å². The van der Waals surface area contributed by atoms with Crippen molar-refractivity contribution >= 4 is 39.1 Å². The Bertz CT molecular complexity index is 332. The zero-order valence-electron chi connectivity index (χ0n) is 6.77. The van der Waals surface area contributed by atoms with Crippen molar-refractivity contribution in [3.63, 3.8) is 0 Å². The van der Waals surface area contributed by atoms with Crippen LogP contribution in [0.5, 0.6) is 0 Å². The van der Waals surface area contributed by atoms with Gasteiger partial charge in [-0.2, -0.15) is 0 Å². The van der Waals surface area contributed by atoms with Crippen molar-refractivity contribution < 1.29 is 4.39 Å². The van der Waals surface area contributed by atoms with E-state index in [2.05, 4.69) is 31.5 Å². The highest BCUT2D eigenvalue weighted by Crippen LogP contribution is 2.19. The van der Waals surface area contributed by atoms with Gasteiger partial charge in [-0.25, -0.2) is 9.37 Å². The molecule has 3 nitrogen and oxygen atoms in total. The van der Waals surface area contributed by atoms with Gasteiger partial charge in [-0.1, -0.05) is 0 Å². The van der Waals surface area contributed by atoms with Crippen LogP contribution < -0.4 is 10.6 Å². The summed E-state index contributed by atoms with van der Waals surface area (Å²) in [6.07, 6.45) is 1.12. The molecule has 0 spiro atoms. The zero-order valence-corrected chi connectivity index (χ0v) is 9.17. The van der Waals surface area contributed by atoms with Gasteiger partial charge in [-0.3, -0.25) is 0 Å². The molecule has 0 aliphatic rings. The molecule has 2 N–H and O–H groups in total. The maximum Gasteiger partial charge on any atom is 0.171 e. The van der Waals surface area contributed by atoms with Crippen molar-refractivity contribution in [2.45, 2.75) is 0 Å². The number of thiocarbonyl (C=S) groups is 1. The molecule has 6 heteroatoms. The number of pyridine rings is 1. The van der Waals surface area contributed by atoms with Gasteiger partial charge in [0.25, 0.3) is 0 Å². The monoisotopic (exact) mass is 263 g/mol. The molecule has 1 aromatic rings. The van der Waals surface area contributed by atoms with Crippen molar-refractivity contribution in [2.24, 2.45) is 0 Å². The Morgan fingerprint density at radius 1 is 1.69 bits per heavy atom. The largest absolute Gasteiger partial charge is 0.365 e. The van der Waals surface area contributed by atoms with Crippen LogP contribution in [0.4, 0.5) is 10.2 Å². The molecule has 1 heterocycles. The Kier molecular flexibility index (Phi) is 3.56. The van der Waals surface area contributed by atoms with Gasteiger partial charge in [0.05, 0.1) is 10.7 Å². The third-order valence-electron chi connectivity index (χ3n) is 1.27. The van der Waals surface area contributed by atoms with Gasteiger partial charge >= 0.3 is 0 Å². The summed E-state index contributed by atoms with van der Waals surface area (Å²) < 4.78 is 13.1. The lowest BCUT2D eigenvalue weighted by Crippen LogP contribution is -2.24. The predicted octanol–water partition coefficient (Wildman–Crippen LogP) is 1.90. The van der Waals surface area contributed by atoms with Crippen LogP contribution in [0.25, 0.3) is 0 Å². The lowest BCUT2D eigenvalue weighted by Gasteiger charge is -2.07. The van der Waals surface area contributed by atoms with Gasteiger partial charge in [0.1, 0.15) is 11.6 Å². The first kappa shape index (κ1) is 10.3. The lowest BCUT2D eigenvalue weighted by molar-refractivity contribution is 0.621. The Balaban J connectivity index is 2.83. The second-order valence-corrected chi connectivity index (χ2v) is 3.45. The van der Waals surface area contributed by atoms with E-state index in [4.69, 9.17) is 12.2 Å². The van der Waals surface area contributed by atoms with Crippen LogP contribution in [0.15, 0.2) is 16.7 Å². The number of hydrogen-bond donors (Lipinski definition) is 2. The van der Waals surface area contributed by atoms with E-state index in [-0.39, 0.29) is 0 Å². The van der Waals surface area contributed by atoms with E-state index in [1.807, 2.05) is 0 Å². The summed E-state index contributed by atoms with van der Waals surface area (Å²) in [7, 11) is 1.69. The molecule has 0 aliphatic heterocycles. The highest BCUT2D eigenvalue weighted by atomic mass is 79.9. The molecule has 1 rings (SSSR count). The summed E-state index contributed by atoms with van der Waals surface area (Å²) in [6, 6.07) is 1.31. The van der Waals surface area contributed by atoms with Crippen LogP contribution in [-0.4, -0.2) is 17.1 Å². The summed E-state index contributed by atoms with van der Waals surface area (Å²) in [5.41, 5.74) is 0. The Morgan fingerprint density at radius 2 is 2.38 bits per heavy atom. The van der Waals surface area contributed by atoms with Crippen LogP contribution >= 0.6 is 28.1 Å². The molecule has 0 amide bonds. The van der Waals surface area contributed by atoms with E-state index in [0.717, 1.165) is 6.20 Å². The molecule has 0 bridgehead atoms. The maximum atomic E-state index is 12.6. The third kappa shape index (κ3) is 2.89. The van der Waals surface area contributed by atoms with Crippen molar-refractivity contribution in [3.05, 3.63) is 22.6 Å². The minimum atomic E-state index is -0.396. The summed E-state index contributed by atoms with van der Waals surface area (Å²) in [4.78, 5) is 3.81. The number of aromatic nitrogens is 1. The molecule has 0 atom stereocenters. The highest BCUT2D eigenvalue weighted by Gasteiger charge is 2.03. The predicted molar refractivity (Wildman–Crippen MR) is 57.2 cm³/mol. The molecular weight excluding hydrogens is 257 g/mol. The zero-order chi connectivity index (χ0) is 9.84. The molecule has 0 aromatic carbocycles. The summed E-state index contributed by atoms with van der Waals surface area (Å²) in [5.74, 6) is 0.0913. The summed E-state index contributed by atoms with van der Waals surface area (Å²) in [5, 5.41) is 5.93. The van der Waals surface area contributed by atoms with Gasteiger partial charge in [0.2, 0.25) is 0 Å². The van der Waals surface area contributed by atoms with E-state index in [9.17, 15) is 4.39 Å². The number of rotatable bonds is 1. The first-order valence-corrected chi connectivity index (χ1v) is 4.63. The standard InChI is InChI=1S/C7H7BrFN3S/c1-10-7(13)12-6-5(8)2-4(9)3-11-6/h2-3H,1H3,(H2,10,11,12,13). The number of anilines is 1. The Hall–Kier alpha value is -0.750. The third-order valence-corrected chi connectivity index (χ3v) is 2.18. The molecule has 1 aromatic heterocycles. The van der Waals surface area contributed by atoms with Gasteiger partial charge in [-0.05, 0) is 34.2 Å². The summed E-state index contributed by atoms with van der Waals surface area (Å²) in [6.45, 7) is 0. The molecule has 13 heavy (non-hydrogen) atoms. The SMILES string of the molecule is CNC(=S)Nc1ncc(F)cc1Br. The van der Waals surface area contributed by atoms with Crippen LogP contribution in [-0.2, 0) is 0 Å². The Morgan fingerprint density at radius 3 is 2.92 bits per heavy atom. The second-order valence-electron chi connectivity index (χ2n) is 2.19. The van der Waals surface area contributed by atoms with Gasteiger partial charge < -0.3 is 10.6 Å². The maximum absolute atomic E-state index is 12.6.